The molecule has 2 heteroatoms. The monoisotopic (exact) mass is 224 g/mol. The Morgan fingerprint density at radius 1 is 1.00 bits per heavy atom. The van der Waals surface area contributed by atoms with Crippen LogP contribution in [0.1, 0.15) is 12.5 Å². The van der Waals surface area contributed by atoms with Gasteiger partial charge in [0.2, 0.25) is 0 Å². The molecule has 2 aromatic rings. The van der Waals surface area contributed by atoms with Gasteiger partial charge in [-0.25, -0.2) is 0 Å². The highest BCUT2D eigenvalue weighted by molar-refractivity contribution is 5.60. The highest BCUT2D eigenvalue weighted by Gasteiger charge is 1.93. The number of rotatable bonds is 3. The van der Waals surface area contributed by atoms with Gasteiger partial charge >= 0.3 is 0 Å². The van der Waals surface area contributed by atoms with Gasteiger partial charge in [0, 0.05) is 17.1 Å². The molecule has 2 aromatic carbocycles. The summed E-state index contributed by atoms with van der Waals surface area (Å²) in [5.41, 5.74) is 9.76. The number of para-hydroxylation sites is 1. The molecule has 0 heterocycles. The number of hydrogen-bond donors (Lipinski definition) is 2. The summed E-state index contributed by atoms with van der Waals surface area (Å²) in [6, 6.07) is 17.9. The average molecular weight is 224 g/mol. The van der Waals surface area contributed by atoms with Crippen LogP contribution < -0.4 is 11.1 Å². The lowest BCUT2D eigenvalue weighted by atomic mass is 10.2. The first-order valence-electron chi connectivity index (χ1n) is 5.60. The molecule has 0 bridgehead atoms. The summed E-state index contributed by atoms with van der Waals surface area (Å²) in [4.78, 5) is 0. The van der Waals surface area contributed by atoms with E-state index in [9.17, 15) is 0 Å². The Morgan fingerprint density at radius 3 is 2.29 bits per heavy atom. The Balaban J connectivity index is 2.09. The van der Waals surface area contributed by atoms with Gasteiger partial charge in [0.05, 0.1) is 0 Å². The van der Waals surface area contributed by atoms with Gasteiger partial charge in [0.1, 0.15) is 0 Å². The molecule has 3 N–H and O–H groups in total. The third-order valence-electron chi connectivity index (χ3n) is 2.43. The minimum absolute atomic E-state index is 0.788. The van der Waals surface area contributed by atoms with Crippen LogP contribution in [0.2, 0.25) is 0 Å². The lowest BCUT2D eigenvalue weighted by Crippen LogP contribution is -1.94. The smallest absolute Gasteiger partial charge is 0.0381 e. The number of allylic oxidation sites excluding steroid dienone is 1. The van der Waals surface area contributed by atoms with Crippen molar-refractivity contribution in [2.75, 3.05) is 11.1 Å². The molecule has 0 aliphatic rings. The van der Waals surface area contributed by atoms with Gasteiger partial charge in [-0.1, -0.05) is 30.3 Å². The Labute approximate surface area is 102 Å². The first kappa shape index (κ1) is 11.3. The Kier molecular flexibility index (Phi) is 3.46. The molecule has 86 valence electrons. The van der Waals surface area contributed by atoms with Crippen molar-refractivity contribution in [3.63, 3.8) is 0 Å². The van der Waals surface area contributed by atoms with Crippen LogP contribution in [0, 0.1) is 0 Å². The zero-order chi connectivity index (χ0) is 12.1. The summed E-state index contributed by atoms with van der Waals surface area (Å²) in [5.74, 6) is 0. The second-order valence-corrected chi connectivity index (χ2v) is 3.99. The van der Waals surface area contributed by atoms with E-state index < -0.39 is 0 Å². The first-order valence-corrected chi connectivity index (χ1v) is 5.60. The average Bonchev–Trinajstić information content (AvgIpc) is 2.33. The number of nitrogen functional groups attached to an aromatic ring is 1. The normalized spacial score (nSPS) is 11.2. The van der Waals surface area contributed by atoms with E-state index in [4.69, 9.17) is 5.73 Å². The van der Waals surface area contributed by atoms with Crippen LogP contribution in [0.4, 0.5) is 11.4 Å². The number of hydrogen-bond acceptors (Lipinski definition) is 2. The van der Waals surface area contributed by atoms with Crippen LogP contribution in [0.25, 0.3) is 6.08 Å². The summed E-state index contributed by atoms with van der Waals surface area (Å²) < 4.78 is 0. The third kappa shape index (κ3) is 3.38. The molecule has 0 aromatic heterocycles. The van der Waals surface area contributed by atoms with E-state index in [1.807, 2.05) is 61.5 Å². The van der Waals surface area contributed by atoms with E-state index in [0.29, 0.717) is 0 Å². The number of anilines is 2. The summed E-state index contributed by atoms with van der Waals surface area (Å²) in [6.45, 7) is 2.04. The zero-order valence-electron chi connectivity index (χ0n) is 9.85. The van der Waals surface area contributed by atoms with E-state index in [0.717, 1.165) is 22.6 Å². The van der Waals surface area contributed by atoms with E-state index >= 15 is 0 Å². The molecule has 0 aliphatic carbocycles. The summed E-state index contributed by atoms with van der Waals surface area (Å²) >= 11 is 0. The Hall–Kier alpha value is -2.22. The van der Waals surface area contributed by atoms with Crippen molar-refractivity contribution in [2.24, 2.45) is 0 Å². The fraction of sp³-hybridized carbons (Fsp3) is 0.0667. The molecule has 2 rings (SSSR count). The molecule has 17 heavy (non-hydrogen) atoms. The minimum Gasteiger partial charge on any atom is -0.399 e. The fourth-order valence-corrected chi connectivity index (χ4v) is 1.63. The Bertz CT molecular complexity index is 498. The van der Waals surface area contributed by atoms with Crippen LogP contribution in [0.5, 0.6) is 0 Å². The lowest BCUT2D eigenvalue weighted by molar-refractivity contribution is 1.40. The number of nitrogens with two attached hydrogens (primary N) is 1. The van der Waals surface area contributed by atoms with Crippen molar-refractivity contribution in [3.8, 4) is 0 Å². The minimum atomic E-state index is 0.788. The predicted octanol–water partition coefficient (Wildman–Crippen LogP) is 3.74. The first-order chi connectivity index (χ1) is 8.24. The second-order valence-electron chi connectivity index (χ2n) is 3.99. The van der Waals surface area contributed by atoms with Crippen molar-refractivity contribution in [2.45, 2.75) is 6.92 Å². The van der Waals surface area contributed by atoms with Gasteiger partial charge in [-0.3, -0.25) is 0 Å². The highest BCUT2D eigenvalue weighted by Crippen LogP contribution is 2.13. The van der Waals surface area contributed by atoms with Crippen LogP contribution in [-0.4, -0.2) is 0 Å². The van der Waals surface area contributed by atoms with Gasteiger partial charge < -0.3 is 11.1 Å². The molecule has 0 amide bonds. The molecule has 0 atom stereocenters. The summed E-state index contributed by atoms with van der Waals surface area (Å²) in [5, 5.41) is 3.33. The standard InChI is InChI=1S/C15H16N2/c1-12(17-15-5-3-2-4-6-15)11-13-7-9-14(16)10-8-13/h2-11,17H,16H2,1H3. The van der Waals surface area contributed by atoms with E-state index in [2.05, 4.69) is 11.4 Å². The predicted molar refractivity (Wildman–Crippen MR) is 74.6 cm³/mol. The van der Waals surface area contributed by atoms with Gasteiger partial charge in [-0.2, -0.15) is 0 Å². The topological polar surface area (TPSA) is 38.0 Å². The molecule has 0 saturated heterocycles. The van der Waals surface area contributed by atoms with Crippen LogP contribution in [0.3, 0.4) is 0 Å². The van der Waals surface area contributed by atoms with Gasteiger partial charge in [-0.05, 0) is 42.8 Å². The van der Waals surface area contributed by atoms with Crippen LogP contribution in [-0.2, 0) is 0 Å². The number of nitrogens with one attached hydrogen (secondary N) is 1. The van der Waals surface area contributed by atoms with Gasteiger partial charge in [-0.15, -0.1) is 0 Å². The van der Waals surface area contributed by atoms with Gasteiger partial charge in [0.15, 0.2) is 0 Å². The Morgan fingerprint density at radius 2 is 1.65 bits per heavy atom. The largest absolute Gasteiger partial charge is 0.399 e. The molecular formula is C15H16N2. The van der Waals surface area contributed by atoms with Crippen molar-refractivity contribution in [1.82, 2.24) is 0 Å². The van der Waals surface area contributed by atoms with Crippen molar-refractivity contribution in [1.29, 1.82) is 0 Å². The zero-order valence-corrected chi connectivity index (χ0v) is 9.85. The molecule has 0 radical (unpaired) electrons. The van der Waals surface area contributed by atoms with Crippen molar-refractivity contribution in [3.05, 3.63) is 65.9 Å². The maximum Gasteiger partial charge on any atom is 0.0381 e. The van der Waals surface area contributed by atoms with Crippen molar-refractivity contribution >= 4 is 17.5 Å². The molecule has 0 unspecified atom stereocenters. The molecular weight excluding hydrogens is 208 g/mol. The molecule has 0 aliphatic heterocycles. The highest BCUT2D eigenvalue weighted by atomic mass is 14.9. The van der Waals surface area contributed by atoms with Crippen LogP contribution in [0.15, 0.2) is 60.3 Å². The number of benzene rings is 2. The van der Waals surface area contributed by atoms with E-state index in [1.54, 1.807) is 0 Å². The van der Waals surface area contributed by atoms with Gasteiger partial charge in [0.25, 0.3) is 0 Å². The molecule has 2 nitrogen and oxygen atoms in total. The molecule has 0 spiro atoms. The third-order valence-corrected chi connectivity index (χ3v) is 2.43. The SMILES string of the molecule is CC(=Cc1ccc(N)cc1)Nc1ccccc1. The lowest BCUT2D eigenvalue weighted by Gasteiger charge is -2.06. The van der Waals surface area contributed by atoms with Crippen molar-refractivity contribution < 1.29 is 0 Å². The van der Waals surface area contributed by atoms with E-state index in [-0.39, 0.29) is 0 Å². The summed E-state index contributed by atoms with van der Waals surface area (Å²) in [7, 11) is 0. The molecule has 0 fully saturated rings. The molecule has 0 saturated carbocycles. The van der Waals surface area contributed by atoms with Crippen LogP contribution >= 0.6 is 0 Å². The second kappa shape index (κ2) is 5.21. The quantitative estimate of drug-likeness (QED) is 0.779. The summed E-state index contributed by atoms with van der Waals surface area (Å²) in [6.07, 6.45) is 2.09. The van der Waals surface area contributed by atoms with E-state index in [1.165, 1.54) is 0 Å². The fourth-order valence-electron chi connectivity index (χ4n) is 1.63. The maximum atomic E-state index is 5.64. The maximum absolute atomic E-state index is 5.64.